The Labute approximate surface area is 96.9 Å². The van der Waals surface area contributed by atoms with E-state index in [4.69, 9.17) is 9.47 Å². The van der Waals surface area contributed by atoms with Gasteiger partial charge >= 0.3 is 0 Å². The van der Waals surface area contributed by atoms with Crippen LogP contribution in [0.4, 0.5) is 0 Å². The lowest BCUT2D eigenvalue weighted by molar-refractivity contribution is 0.354. The van der Waals surface area contributed by atoms with Gasteiger partial charge in [0.15, 0.2) is 11.5 Å². The van der Waals surface area contributed by atoms with E-state index < -0.39 is 0 Å². The molecule has 0 amide bonds. The van der Waals surface area contributed by atoms with E-state index in [-0.39, 0.29) is 0 Å². The molecule has 0 saturated heterocycles. The van der Waals surface area contributed by atoms with Crippen LogP contribution in [0.5, 0.6) is 11.5 Å². The molecule has 0 bridgehead atoms. The van der Waals surface area contributed by atoms with Gasteiger partial charge in [-0.3, -0.25) is 0 Å². The molecular formula is C12H20N2O2. The van der Waals surface area contributed by atoms with Crippen LogP contribution in [0.1, 0.15) is 11.1 Å². The van der Waals surface area contributed by atoms with Gasteiger partial charge in [0, 0.05) is 13.2 Å². The minimum atomic E-state index is 0.773. The Morgan fingerprint density at radius 1 is 1.12 bits per heavy atom. The van der Waals surface area contributed by atoms with Gasteiger partial charge in [-0.25, -0.2) is 0 Å². The molecule has 4 nitrogen and oxygen atoms in total. The van der Waals surface area contributed by atoms with Crippen LogP contribution in [0.25, 0.3) is 0 Å². The first-order chi connectivity index (χ1) is 7.72. The van der Waals surface area contributed by atoms with Crippen molar-refractivity contribution in [1.29, 1.82) is 0 Å². The van der Waals surface area contributed by atoms with Crippen molar-refractivity contribution >= 4 is 0 Å². The summed E-state index contributed by atoms with van der Waals surface area (Å²) in [6.07, 6.45) is 0. The summed E-state index contributed by atoms with van der Waals surface area (Å²) in [6.45, 7) is 3.67. The van der Waals surface area contributed by atoms with Gasteiger partial charge in [-0.15, -0.1) is 0 Å². The highest BCUT2D eigenvalue weighted by molar-refractivity contribution is 5.46. The average molecular weight is 224 g/mol. The summed E-state index contributed by atoms with van der Waals surface area (Å²) >= 11 is 0. The second kappa shape index (κ2) is 6.35. The fourth-order valence-corrected chi connectivity index (χ4v) is 1.54. The van der Waals surface area contributed by atoms with Crippen LogP contribution in [0.15, 0.2) is 12.1 Å². The lowest BCUT2D eigenvalue weighted by atomic mass is 10.1. The Morgan fingerprint density at radius 2 is 1.75 bits per heavy atom. The summed E-state index contributed by atoms with van der Waals surface area (Å²) in [5.74, 6) is 1.55. The maximum absolute atomic E-state index is 5.27. The molecule has 0 radical (unpaired) electrons. The van der Waals surface area contributed by atoms with Crippen LogP contribution in [-0.2, 0) is 6.54 Å². The molecule has 1 aromatic carbocycles. The molecule has 0 unspecified atom stereocenters. The van der Waals surface area contributed by atoms with Crippen LogP contribution in [-0.4, -0.2) is 27.9 Å². The van der Waals surface area contributed by atoms with E-state index >= 15 is 0 Å². The highest BCUT2D eigenvalue weighted by Crippen LogP contribution is 2.30. The molecule has 1 aromatic rings. The first-order valence-corrected chi connectivity index (χ1v) is 5.29. The van der Waals surface area contributed by atoms with Crippen LogP contribution in [0.3, 0.4) is 0 Å². The van der Waals surface area contributed by atoms with Crippen molar-refractivity contribution in [2.24, 2.45) is 0 Å². The summed E-state index contributed by atoms with van der Waals surface area (Å²) in [5.41, 5.74) is 2.41. The van der Waals surface area contributed by atoms with Gasteiger partial charge in [-0.05, 0) is 37.2 Å². The lowest BCUT2D eigenvalue weighted by Gasteiger charge is -2.13. The summed E-state index contributed by atoms with van der Waals surface area (Å²) in [5, 5.41) is 6.31. The molecule has 0 saturated carbocycles. The summed E-state index contributed by atoms with van der Waals surface area (Å²) < 4.78 is 10.5. The molecule has 2 N–H and O–H groups in total. The molecule has 0 spiro atoms. The molecule has 4 heteroatoms. The molecule has 0 atom stereocenters. The number of aryl methyl sites for hydroxylation is 1. The Kier molecular flexibility index (Phi) is 5.08. The third-order valence-corrected chi connectivity index (χ3v) is 2.46. The van der Waals surface area contributed by atoms with Crippen LogP contribution in [0.2, 0.25) is 0 Å². The predicted molar refractivity (Wildman–Crippen MR) is 65.0 cm³/mol. The molecule has 0 aromatic heterocycles. The summed E-state index contributed by atoms with van der Waals surface area (Å²) in [6, 6.07) is 4.01. The van der Waals surface area contributed by atoms with Gasteiger partial charge in [0.05, 0.1) is 14.2 Å². The molecule has 0 aliphatic carbocycles. The van der Waals surface area contributed by atoms with E-state index in [2.05, 4.69) is 17.6 Å². The molecular weight excluding hydrogens is 204 g/mol. The normalized spacial score (nSPS) is 10.2. The van der Waals surface area contributed by atoms with Gasteiger partial charge in [0.1, 0.15) is 0 Å². The number of benzene rings is 1. The standard InChI is InChI=1S/C12H20N2O2/c1-9-5-11(15-3)12(16-4)6-10(9)7-14-8-13-2/h5-6,13-14H,7-8H2,1-4H3. The fourth-order valence-electron chi connectivity index (χ4n) is 1.54. The third kappa shape index (κ3) is 3.12. The number of hydrogen-bond donors (Lipinski definition) is 2. The predicted octanol–water partition coefficient (Wildman–Crippen LogP) is 1.28. The highest BCUT2D eigenvalue weighted by Gasteiger charge is 2.07. The quantitative estimate of drug-likeness (QED) is 0.564. The van der Waals surface area contributed by atoms with E-state index in [1.54, 1.807) is 14.2 Å². The number of nitrogens with one attached hydrogen (secondary N) is 2. The van der Waals surface area contributed by atoms with Gasteiger partial charge in [0.2, 0.25) is 0 Å². The van der Waals surface area contributed by atoms with Crippen molar-refractivity contribution in [1.82, 2.24) is 10.6 Å². The van der Waals surface area contributed by atoms with E-state index in [1.807, 2.05) is 19.2 Å². The van der Waals surface area contributed by atoms with Crippen molar-refractivity contribution in [3.05, 3.63) is 23.3 Å². The van der Waals surface area contributed by atoms with Crippen LogP contribution in [0, 0.1) is 6.92 Å². The number of rotatable bonds is 6. The smallest absolute Gasteiger partial charge is 0.161 e. The van der Waals surface area contributed by atoms with E-state index in [0.29, 0.717) is 0 Å². The van der Waals surface area contributed by atoms with Crippen molar-refractivity contribution in [2.75, 3.05) is 27.9 Å². The van der Waals surface area contributed by atoms with Gasteiger partial charge < -0.3 is 20.1 Å². The molecule has 90 valence electrons. The largest absolute Gasteiger partial charge is 0.493 e. The van der Waals surface area contributed by atoms with E-state index in [9.17, 15) is 0 Å². The molecule has 16 heavy (non-hydrogen) atoms. The van der Waals surface area contributed by atoms with E-state index in [1.165, 1.54) is 11.1 Å². The lowest BCUT2D eigenvalue weighted by Crippen LogP contribution is -2.25. The first-order valence-electron chi connectivity index (χ1n) is 5.29. The van der Waals surface area contributed by atoms with E-state index in [0.717, 1.165) is 24.7 Å². The molecule has 0 aliphatic rings. The van der Waals surface area contributed by atoms with Gasteiger partial charge in [0.25, 0.3) is 0 Å². The number of methoxy groups -OCH3 is 2. The molecule has 1 rings (SSSR count). The first kappa shape index (κ1) is 12.8. The van der Waals surface area contributed by atoms with Gasteiger partial charge in [-0.1, -0.05) is 0 Å². The Balaban J connectivity index is 2.84. The zero-order valence-electron chi connectivity index (χ0n) is 10.4. The zero-order chi connectivity index (χ0) is 12.0. The molecule has 0 heterocycles. The SMILES string of the molecule is CNCNCc1cc(OC)c(OC)cc1C. The topological polar surface area (TPSA) is 42.5 Å². The molecule has 0 fully saturated rings. The van der Waals surface area contributed by atoms with Crippen molar-refractivity contribution in [3.8, 4) is 11.5 Å². The minimum absolute atomic E-state index is 0.773. The van der Waals surface area contributed by atoms with Crippen molar-refractivity contribution in [2.45, 2.75) is 13.5 Å². The Bertz CT molecular complexity index is 340. The number of ether oxygens (including phenoxy) is 2. The maximum atomic E-state index is 5.27. The second-order valence-corrected chi connectivity index (χ2v) is 3.59. The van der Waals surface area contributed by atoms with Crippen molar-refractivity contribution in [3.63, 3.8) is 0 Å². The van der Waals surface area contributed by atoms with Crippen molar-refractivity contribution < 1.29 is 9.47 Å². The third-order valence-electron chi connectivity index (χ3n) is 2.46. The second-order valence-electron chi connectivity index (χ2n) is 3.59. The molecule has 0 aliphatic heterocycles. The maximum Gasteiger partial charge on any atom is 0.161 e. The minimum Gasteiger partial charge on any atom is -0.493 e. The zero-order valence-corrected chi connectivity index (χ0v) is 10.4. The highest BCUT2D eigenvalue weighted by atomic mass is 16.5. The fraction of sp³-hybridized carbons (Fsp3) is 0.500. The Morgan fingerprint density at radius 3 is 2.31 bits per heavy atom. The monoisotopic (exact) mass is 224 g/mol. The van der Waals surface area contributed by atoms with Gasteiger partial charge in [-0.2, -0.15) is 0 Å². The van der Waals surface area contributed by atoms with Crippen LogP contribution >= 0.6 is 0 Å². The number of hydrogen-bond acceptors (Lipinski definition) is 4. The van der Waals surface area contributed by atoms with Crippen LogP contribution < -0.4 is 20.1 Å². The average Bonchev–Trinajstić information content (AvgIpc) is 2.31. The summed E-state index contributed by atoms with van der Waals surface area (Å²) in [7, 11) is 5.21. The Hall–Kier alpha value is -1.26. The summed E-state index contributed by atoms with van der Waals surface area (Å²) in [4.78, 5) is 0.